The smallest absolute Gasteiger partial charge is 0.335 e. The summed E-state index contributed by atoms with van der Waals surface area (Å²) in [6.45, 7) is 1.16. The number of aromatic carboxylic acids is 1. The third-order valence-electron chi connectivity index (χ3n) is 4.75. The number of rotatable bonds is 5. The van der Waals surface area contributed by atoms with Gasteiger partial charge >= 0.3 is 5.97 Å². The summed E-state index contributed by atoms with van der Waals surface area (Å²) < 4.78 is 0. The number of hydrogen-bond acceptors (Lipinski definition) is 3. The summed E-state index contributed by atoms with van der Waals surface area (Å²) in [5, 5.41) is 12.1. The Balaban J connectivity index is 1.50. The van der Waals surface area contributed by atoms with Crippen LogP contribution in [-0.4, -0.2) is 46.9 Å². The molecule has 1 aliphatic rings. The van der Waals surface area contributed by atoms with E-state index in [0.29, 0.717) is 37.1 Å². The summed E-state index contributed by atoms with van der Waals surface area (Å²) in [4.78, 5) is 37.5. The van der Waals surface area contributed by atoms with Gasteiger partial charge in [-0.25, -0.2) is 4.79 Å². The lowest BCUT2D eigenvalue weighted by atomic mass is 10.0. The predicted octanol–water partition coefficient (Wildman–Crippen LogP) is 2.35. The van der Waals surface area contributed by atoms with E-state index in [1.807, 2.05) is 18.2 Å². The molecule has 0 saturated carbocycles. The highest BCUT2D eigenvalue weighted by atomic mass is 16.4. The zero-order valence-corrected chi connectivity index (χ0v) is 14.9. The normalized spacial score (nSPS) is 14.6. The van der Waals surface area contributed by atoms with Crippen molar-refractivity contribution < 1.29 is 19.5 Å². The average Bonchev–Trinajstić information content (AvgIpc) is 2.69. The lowest BCUT2D eigenvalue weighted by molar-refractivity contribution is -0.131. The Kier molecular flexibility index (Phi) is 5.86. The summed E-state index contributed by atoms with van der Waals surface area (Å²) in [5.41, 5.74) is 1.51. The summed E-state index contributed by atoms with van der Waals surface area (Å²) >= 11 is 0. The number of hydrogen-bond donors (Lipinski definition) is 2. The van der Waals surface area contributed by atoms with Gasteiger partial charge in [-0.2, -0.15) is 0 Å². The summed E-state index contributed by atoms with van der Waals surface area (Å²) in [6, 6.07) is 15.6. The first-order valence-corrected chi connectivity index (χ1v) is 8.99. The van der Waals surface area contributed by atoms with Gasteiger partial charge in [0.1, 0.15) is 0 Å². The fourth-order valence-corrected chi connectivity index (χ4v) is 3.23. The molecule has 1 saturated heterocycles. The van der Waals surface area contributed by atoms with Gasteiger partial charge in [-0.1, -0.05) is 30.3 Å². The molecule has 1 aliphatic heterocycles. The largest absolute Gasteiger partial charge is 0.478 e. The Hall–Kier alpha value is -3.15. The molecule has 140 valence electrons. The third-order valence-corrected chi connectivity index (χ3v) is 4.75. The molecule has 1 fully saturated rings. The van der Waals surface area contributed by atoms with E-state index >= 15 is 0 Å². The van der Waals surface area contributed by atoms with Crippen LogP contribution in [0.3, 0.4) is 0 Å². The number of amides is 2. The van der Waals surface area contributed by atoms with E-state index in [9.17, 15) is 14.4 Å². The van der Waals surface area contributed by atoms with Crippen LogP contribution in [0.4, 0.5) is 0 Å². The van der Waals surface area contributed by atoms with E-state index in [-0.39, 0.29) is 29.8 Å². The number of benzene rings is 2. The second-order valence-electron chi connectivity index (χ2n) is 6.68. The molecule has 0 aliphatic carbocycles. The molecular formula is C21H22N2O4. The molecular weight excluding hydrogens is 344 g/mol. The Morgan fingerprint density at radius 3 is 2.30 bits per heavy atom. The van der Waals surface area contributed by atoms with Crippen LogP contribution in [0.5, 0.6) is 0 Å². The highest BCUT2D eigenvalue weighted by molar-refractivity contribution is 5.94. The Labute approximate surface area is 157 Å². The molecule has 0 atom stereocenters. The van der Waals surface area contributed by atoms with Crippen molar-refractivity contribution in [1.82, 2.24) is 10.2 Å². The molecule has 2 amide bonds. The highest BCUT2D eigenvalue weighted by Gasteiger charge is 2.24. The van der Waals surface area contributed by atoms with Crippen LogP contribution in [0, 0.1) is 0 Å². The van der Waals surface area contributed by atoms with Crippen molar-refractivity contribution in [3.05, 3.63) is 71.3 Å². The monoisotopic (exact) mass is 366 g/mol. The van der Waals surface area contributed by atoms with Gasteiger partial charge in [0.05, 0.1) is 12.0 Å². The van der Waals surface area contributed by atoms with Gasteiger partial charge in [-0.05, 0) is 42.7 Å². The Morgan fingerprint density at radius 2 is 1.63 bits per heavy atom. The predicted molar refractivity (Wildman–Crippen MR) is 101 cm³/mol. The SMILES string of the molecule is O=C(O)c1cccc(CC(=O)N2CCC(NC(=O)c3ccccc3)CC2)c1. The fraction of sp³-hybridized carbons (Fsp3) is 0.286. The number of carbonyl (C=O) groups excluding carboxylic acids is 2. The number of carbonyl (C=O) groups is 3. The maximum Gasteiger partial charge on any atom is 0.335 e. The molecule has 3 rings (SSSR count). The summed E-state index contributed by atoms with van der Waals surface area (Å²) in [7, 11) is 0. The van der Waals surface area contributed by atoms with E-state index in [1.165, 1.54) is 12.1 Å². The topological polar surface area (TPSA) is 86.7 Å². The van der Waals surface area contributed by atoms with Crippen LogP contribution < -0.4 is 5.32 Å². The molecule has 1 heterocycles. The van der Waals surface area contributed by atoms with Crippen LogP contribution >= 0.6 is 0 Å². The van der Waals surface area contributed by atoms with Crippen molar-refractivity contribution in [2.24, 2.45) is 0 Å². The number of piperidine rings is 1. The van der Waals surface area contributed by atoms with Crippen molar-refractivity contribution in [1.29, 1.82) is 0 Å². The first-order chi connectivity index (χ1) is 13.0. The maximum absolute atomic E-state index is 12.5. The van der Waals surface area contributed by atoms with E-state index in [1.54, 1.807) is 29.2 Å². The third kappa shape index (κ3) is 4.94. The maximum atomic E-state index is 12.5. The minimum atomic E-state index is -1.00. The van der Waals surface area contributed by atoms with Gasteiger partial charge in [0.2, 0.25) is 5.91 Å². The van der Waals surface area contributed by atoms with Gasteiger partial charge in [-0.15, -0.1) is 0 Å². The van der Waals surface area contributed by atoms with Crippen LogP contribution in [0.1, 0.15) is 39.1 Å². The van der Waals surface area contributed by atoms with E-state index in [0.717, 1.165) is 0 Å². The van der Waals surface area contributed by atoms with E-state index in [2.05, 4.69) is 5.32 Å². The van der Waals surface area contributed by atoms with Crippen LogP contribution in [0.2, 0.25) is 0 Å². The summed E-state index contributed by atoms with van der Waals surface area (Å²) in [6.07, 6.45) is 1.60. The second-order valence-corrected chi connectivity index (χ2v) is 6.68. The molecule has 0 aromatic heterocycles. The molecule has 0 unspecified atom stereocenters. The van der Waals surface area contributed by atoms with Crippen LogP contribution in [-0.2, 0) is 11.2 Å². The number of carboxylic acid groups (broad SMARTS) is 1. The first kappa shape index (κ1) is 18.6. The minimum absolute atomic E-state index is 0.0228. The van der Waals surface area contributed by atoms with Gasteiger partial charge < -0.3 is 15.3 Å². The molecule has 0 bridgehead atoms. The molecule has 2 N–H and O–H groups in total. The molecule has 2 aromatic carbocycles. The minimum Gasteiger partial charge on any atom is -0.478 e. The number of likely N-dealkylation sites (tertiary alicyclic amines) is 1. The van der Waals surface area contributed by atoms with Crippen molar-refractivity contribution in [3.8, 4) is 0 Å². The lowest BCUT2D eigenvalue weighted by Crippen LogP contribution is -2.47. The van der Waals surface area contributed by atoms with Crippen LogP contribution in [0.15, 0.2) is 54.6 Å². The van der Waals surface area contributed by atoms with Crippen molar-refractivity contribution >= 4 is 17.8 Å². The molecule has 27 heavy (non-hydrogen) atoms. The number of nitrogens with one attached hydrogen (secondary N) is 1. The number of carboxylic acids is 1. The second kappa shape index (κ2) is 8.49. The average molecular weight is 366 g/mol. The standard InChI is InChI=1S/C21H22N2O4/c24-19(14-15-5-4-8-17(13-15)21(26)27)23-11-9-18(10-12-23)22-20(25)16-6-2-1-3-7-16/h1-8,13,18H,9-12,14H2,(H,22,25)(H,26,27). The van der Waals surface area contributed by atoms with E-state index < -0.39 is 5.97 Å². The van der Waals surface area contributed by atoms with Gasteiger partial charge in [0.25, 0.3) is 5.91 Å². The number of nitrogens with zero attached hydrogens (tertiary/aromatic N) is 1. The fourth-order valence-electron chi connectivity index (χ4n) is 3.23. The molecule has 6 nitrogen and oxygen atoms in total. The molecule has 2 aromatic rings. The van der Waals surface area contributed by atoms with Crippen molar-refractivity contribution in [2.75, 3.05) is 13.1 Å². The van der Waals surface area contributed by atoms with Crippen molar-refractivity contribution in [3.63, 3.8) is 0 Å². The zero-order valence-electron chi connectivity index (χ0n) is 14.9. The first-order valence-electron chi connectivity index (χ1n) is 8.99. The Morgan fingerprint density at radius 1 is 0.963 bits per heavy atom. The van der Waals surface area contributed by atoms with Gasteiger partial charge in [-0.3, -0.25) is 9.59 Å². The van der Waals surface area contributed by atoms with Gasteiger partial charge in [0.15, 0.2) is 0 Å². The highest BCUT2D eigenvalue weighted by Crippen LogP contribution is 2.14. The zero-order chi connectivity index (χ0) is 19.2. The van der Waals surface area contributed by atoms with E-state index in [4.69, 9.17) is 5.11 Å². The van der Waals surface area contributed by atoms with Crippen LogP contribution in [0.25, 0.3) is 0 Å². The van der Waals surface area contributed by atoms with Crippen molar-refractivity contribution in [2.45, 2.75) is 25.3 Å². The molecule has 6 heteroatoms. The Bertz CT molecular complexity index is 827. The summed E-state index contributed by atoms with van der Waals surface area (Å²) in [5.74, 6) is -1.12. The lowest BCUT2D eigenvalue weighted by Gasteiger charge is -2.32. The quantitative estimate of drug-likeness (QED) is 0.850. The molecule has 0 spiro atoms. The van der Waals surface area contributed by atoms with Gasteiger partial charge in [0, 0.05) is 24.7 Å². The molecule has 0 radical (unpaired) electrons.